The van der Waals surface area contributed by atoms with Crippen molar-refractivity contribution < 1.29 is 106 Å². The van der Waals surface area contributed by atoms with Gasteiger partial charge in [0.15, 0.2) is 12.2 Å². The van der Waals surface area contributed by atoms with Gasteiger partial charge in [-0.1, -0.05) is 48.5 Å². The second-order valence-corrected chi connectivity index (χ2v) is 17.8. The van der Waals surface area contributed by atoms with Crippen molar-refractivity contribution in [3.05, 3.63) is 0 Å². The quantitative estimate of drug-likeness (QED) is 0.0272. The number of aliphatic hydroxyl groups excluding tert-OH is 4. The predicted octanol–water partition coefficient (Wildman–Crippen LogP) is 0.295. The fourth-order valence-electron chi connectivity index (χ4n) is 7.59. The molecule has 14 atom stereocenters. The van der Waals surface area contributed by atoms with E-state index in [-0.39, 0.29) is 71.0 Å². The van der Waals surface area contributed by atoms with E-state index in [1.807, 2.05) is 0 Å². The van der Waals surface area contributed by atoms with E-state index in [9.17, 15) is 63.8 Å². The van der Waals surface area contributed by atoms with Gasteiger partial charge in [-0.05, 0) is 25.7 Å². The van der Waals surface area contributed by atoms with Gasteiger partial charge >= 0.3 is 38.4 Å². The van der Waals surface area contributed by atoms with Crippen LogP contribution < -0.4 is 10.6 Å². The Bertz CT molecular complexity index is 1630. The summed E-state index contributed by atoms with van der Waals surface area (Å²) in [5.74, 6) is -7.01. The van der Waals surface area contributed by atoms with Crippen molar-refractivity contribution in [2.45, 2.75) is 192 Å². The largest absolute Gasteiger partial charge is 0.462 e. The fourth-order valence-corrected chi connectivity index (χ4v) is 8.06. The maximum absolute atomic E-state index is 13.9. The van der Waals surface area contributed by atoms with Crippen molar-refractivity contribution in [3.63, 3.8) is 0 Å². The molecule has 2 heterocycles. The molecule has 2 aliphatic heterocycles. The molecule has 2 fully saturated rings. The van der Waals surface area contributed by atoms with Crippen molar-refractivity contribution in [2.75, 3.05) is 39.6 Å². The molecule has 2 aliphatic rings. The van der Waals surface area contributed by atoms with Gasteiger partial charge in [0.05, 0.1) is 83.5 Å². The third-order valence-electron chi connectivity index (χ3n) is 11.8. The molecule has 70 heavy (non-hydrogen) atoms. The van der Waals surface area contributed by atoms with Gasteiger partial charge < -0.3 is 83.3 Å². The standard InChI is InChI=1S/C45H77N2O22P/c1-8-27(50)15-38(56)67-44-40(46-33(51)16-28(9-2)64-35(53)12-5)25(19-48)22-63-32(42(44)58)24-61-21-26-23-62-31(20-49)43(69-70(59)60)45(68-39(57)18-30(11-4)66-37(55)14-7)41(26)47-34(52)17-29(10-3)65-36(54)13-6/h25-32,40-45,48-50,58-60H,8-24H2,1-7H3,(H,46,51)(H,47,52). The van der Waals surface area contributed by atoms with Gasteiger partial charge in [0, 0.05) is 31.1 Å². The molecule has 0 aromatic rings. The minimum absolute atomic E-state index is 0.0216. The lowest BCUT2D eigenvalue weighted by molar-refractivity contribution is -0.169. The Morgan fingerprint density at radius 2 is 1.03 bits per heavy atom. The van der Waals surface area contributed by atoms with Crippen LogP contribution in [-0.4, -0.2) is 185 Å². The molecule has 0 bridgehead atoms. The normalized spacial score (nSPS) is 26.5. The van der Waals surface area contributed by atoms with Crippen LogP contribution >= 0.6 is 8.60 Å². The van der Waals surface area contributed by atoms with Crippen LogP contribution in [0.2, 0.25) is 0 Å². The number of nitrogens with one attached hydrogen (secondary N) is 2. The van der Waals surface area contributed by atoms with Gasteiger partial charge in [0.2, 0.25) is 11.8 Å². The highest BCUT2D eigenvalue weighted by Gasteiger charge is 2.49. The minimum Gasteiger partial charge on any atom is -0.462 e. The lowest BCUT2D eigenvalue weighted by atomic mass is 9.91. The van der Waals surface area contributed by atoms with E-state index < -0.39 is 174 Å². The number of carbonyl (C=O) groups is 7. The van der Waals surface area contributed by atoms with Crippen LogP contribution in [-0.2, 0) is 76.0 Å². The number of rotatable bonds is 30. The predicted molar refractivity (Wildman–Crippen MR) is 243 cm³/mol. The van der Waals surface area contributed by atoms with Crippen molar-refractivity contribution in [1.29, 1.82) is 0 Å². The molecule has 24 nitrogen and oxygen atoms in total. The minimum atomic E-state index is -3.22. The van der Waals surface area contributed by atoms with Crippen molar-refractivity contribution in [3.8, 4) is 0 Å². The zero-order valence-corrected chi connectivity index (χ0v) is 42.2. The molecule has 2 rings (SSSR count). The van der Waals surface area contributed by atoms with E-state index in [1.54, 1.807) is 48.5 Å². The van der Waals surface area contributed by atoms with Crippen molar-refractivity contribution in [1.82, 2.24) is 10.6 Å². The maximum atomic E-state index is 13.9. The van der Waals surface area contributed by atoms with Gasteiger partial charge in [0.25, 0.3) is 0 Å². The Hall–Kier alpha value is -3.68. The van der Waals surface area contributed by atoms with Crippen molar-refractivity contribution >= 4 is 50.3 Å². The third-order valence-corrected chi connectivity index (χ3v) is 12.3. The van der Waals surface area contributed by atoms with E-state index >= 15 is 0 Å². The first-order valence-corrected chi connectivity index (χ1v) is 25.3. The van der Waals surface area contributed by atoms with Crippen LogP contribution in [0.4, 0.5) is 0 Å². The Labute approximate surface area is 410 Å². The zero-order valence-electron chi connectivity index (χ0n) is 41.3. The average Bonchev–Trinajstić information content (AvgIpc) is 3.53. The second kappa shape index (κ2) is 33.1. The lowest BCUT2D eigenvalue weighted by Gasteiger charge is -2.36. The summed E-state index contributed by atoms with van der Waals surface area (Å²) in [5, 5.41) is 48.6. The summed E-state index contributed by atoms with van der Waals surface area (Å²) < 4.78 is 51.3. The topological polar surface area (TPSA) is 348 Å². The molecule has 0 aromatic carbocycles. The zero-order chi connectivity index (χ0) is 52.5. The van der Waals surface area contributed by atoms with E-state index in [2.05, 4.69) is 10.6 Å². The van der Waals surface area contributed by atoms with Gasteiger partial charge in [-0.2, -0.15) is 0 Å². The third kappa shape index (κ3) is 21.2. The molecular weight excluding hydrogens is 951 g/mol. The summed E-state index contributed by atoms with van der Waals surface area (Å²) in [4.78, 5) is 111. The summed E-state index contributed by atoms with van der Waals surface area (Å²) in [7, 11) is -3.22. The van der Waals surface area contributed by atoms with Crippen molar-refractivity contribution in [2.24, 2.45) is 11.8 Å². The Balaban J connectivity index is 2.59. The first-order valence-electron chi connectivity index (χ1n) is 24.1. The second-order valence-electron chi connectivity index (χ2n) is 17.1. The number of hydrogen-bond donors (Lipinski definition) is 8. The first kappa shape index (κ1) is 62.4. The summed E-state index contributed by atoms with van der Waals surface area (Å²) in [6, 6.07) is -2.66. The molecule has 0 aromatic heterocycles. The molecule has 25 heteroatoms. The molecule has 404 valence electrons. The fraction of sp³-hybridized carbons (Fsp3) is 0.844. The van der Waals surface area contributed by atoms with Gasteiger partial charge in [-0.25, -0.2) is 0 Å². The van der Waals surface area contributed by atoms with Crippen LogP contribution in [0.25, 0.3) is 0 Å². The van der Waals surface area contributed by atoms with Gasteiger partial charge in [0.1, 0.15) is 42.7 Å². The monoisotopic (exact) mass is 1030 g/mol. The molecule has 2 amide bonds. The Morgan fingerprint density at radius 1 is 0.571 bits per heavy atom. The summed E-state index contributed by atoms with van der Waals surface area (Å²) in [6.45, 7) is 8.41. The van der Waals surface area contributed by atoms with Gasteiger partial charge in [-0.3, -0.25) is 33.6 Å². The number of ether oxygens (including phenoxy) is 8. The SMILES string of the molecule is CCC(=O)OC(CC)CC(=O)NC1C(CO)COC(COCC2COC(CO)C(OP(O)O)C(OC(=O)CC(CC)OC(=O)CC)C2NC(=O)CC(CC)OC(=O)CC)C(O)C1OC(=O)CC(O)CC. The molecular formula is C45H77N2O22P. The van der Waals surface area contributed by atoms with E-state index in [1.165, 1.54) is 0 Å². The highest BCUT2D eigenvalue weighted by atomic mass is 31.2. The Morgan fingerprint density at radius 3 is 1.49 bits per heavy atom. The number of esters is 5. The van der Waals surface area contributed by atoms with E-state index in [0.29, 0.717) is 0 Å². The maximum Gasteiger partial charge on any atom is 0.327 e. The van der Waals surface area contributed by atoms with Crippen LogP contribution in [0.3, 0.4) is 0 Å². The average molecular weight is 1030 g/mol. The van der Waals surface area contributed by atoms with Crippen LogP contribution in [0.1, 0.15) is 119 Å². The molecule has 14 unspecified atom stereocenters. The van der Waals surface area contributed by atoms with Gasteiger partial charge in [-0.15, -0.1) is 0 Å². The molecule has 0 spiro atoms. The first-order chi connectivity index (χ1) is 33.3. The Kier molecular flexibility index (Phi) is 29.5. The summed E-state index contributed by atoms with van der Waals surface area (Å²) in [6.07, 6.45) is -13.8. The van der Waals surface area contributed by atoms with Crippen LogP contribution in [0.15, 0.2) is 0 Å². The van der Waals surface area contributed by atoms with Crippen LogP contribution in [0, 0.1) is 11.8 Å². The van der Waals surface area contributed by atoms with E-state index in [4.69, 9.17) is 42.4 Å². The highest BCUT2D eigenvalue weighted by Crippen LogP contribution is 2.36. The summed E-state index contributed by atoms with van der Waals surface area (Å²) >= 11 is 0. The highest BCUT2D eigenvalue weighted by molar-refractivity contribution is 7.39. The number of aliphatic hydroxyl groups is 4. The molecule has 0 aliphatic carbocycles. The number of hydrogen-bond acceptors (Lipinski definition) is 22. The molecule has 8 N–H and O–H groups in total. The molecule has 0 saturated carbocycles. The van der Waals surface area contributed by atoms with Crippen LogP contribution in [0.5, 0.6) is 0 Å². The number of amides is 2. The smallest absolute Gasteiger partial charge is 0.327 e. The summed E-state index contributed by atoms with van der Waals surface area (Å²) in [5.41, 5.74) is 0. The molecule has 0 radical (unpaired) electrons. The lowest BCUT2D eigenvalue weighted by Crippen LogP contribution is -2.57. The molecule has 2 saturated heterocycles. The van der Waals surface area contributed by atoms with E-state index in [0.717, 1.165) is 0 Å². The number of carbonyl (C=O) groups excluding carboxylic acids is 7.